The Bertz CT molecular complexity index is 4990. The topological polar surface area (TPSA) is 69.9 Å². The number of rotatable bonds is 7. The van der Waals surface area contributed by atoms with Crippen LogP contribution in [0.5, 0.6) is 0 Å². The molecule has 0 bridgehead atoms. The highest BCUT2D eigenvalue weighted by Gasteiger charge is 2.22. The SMILES string of the molecule is c1ccc(-c2nc(-c3cc(-c4ccccc4)c4c(c3)oc3ccccc34)nc(-c3cccc4oc5ccc(-c6ccc7sc8ccc(-c9ccc%10c(c9)c9ccccc9n%10-c9ccccc9)cc8c7c6)cc5c34)n2)cc1. The van der Waals surface area contributed by atoms with Gasteiger partial charge in [0, 0.05) is 74.9 Å². The second-order valence-electron chi connectivity index (χ2n) is 19.5. The van der Waals surface area contributed by atoms with Crippen LogP contribution in [-0.2, 0) is 0 Å². The lowest BCUT2D eigenvalue weighted by atomic mass is 9.96. The van der Waals surface area contributed by atoms with Gasteiger partial charge in [-0.2, -0.15) is 0 Å². The van der Waals surface area contributed by atoms with E-state index < -0.39 is 0 Å². The molecular formula is C69H40N4O2S. The van der Waals surface area contributed by atoms with Crippen LogP contribution in [0.2, 0.25) is 0 Å². The molecule has 0 radical (unpaired) electrons. The van der Waals surface area contributed by atoms with E-state index in [9.17, 15) is 0 Å². The van der Waals surface area contributed by atoms with Gasteiger partial charge < -0.3 is 13.4 Å². The molecule has 0 saturated heterocycles. The normalized spacial score (nSPS) is 11.9. The van der Waals surface area contributed by atoms with Crippen molar-refractivity contribution in [3.8, 4) is 73.2 Å². The molecule has 16 rings (SSSR count). The van der Waals surface area contributed by atoms with Crippen molar-refractivity contribution in [3.63, 3.8) is 0 Å². The van der Waals surface area contributed by atoms with Gasteiger partial charge >= 0.3 is 0 Å². The van der Waals surface area contributed by atoms with Crippen molar-refractivity contribution in [2.24, 2.45) is 0 Å². The predicted octanol–water partition coefficient (Wildman–Crippen LogP) is 19.1. The molecule has 16 aromatic rings. The maximum atomic E-state index is 6.64. The number of aromatic nitrogens is 4. The van der Waals surface area contributed by atoms with Crippen molar-refractivity contribution in [1.82, 2.24) is 19.5 Å². The van der Waals surface area contributed by atoms with Crippen LogP contribution in [0.4, 0.5) is 0 Å². The van der Waals surface area contributed by atoms with Crippen molar-refractivity contribution in [1.29, 1.82) is 0 Å². The standard InChI is InChI=1S/C69H40N4O2S/c1-4-15-41(16-5-1)52-39-47(40-62-65(52)50-22-11-13-25-59(50)75-62)68-70-67(42-17-6-2-7-18-42)71-69(72-68)51-23-14-26-61-66(51)56-38-44(28-32-60(56)74-61)46-30-34-64-55(37-46)54-36-45(29-33-63(54)76-64)43-27-31-58-53(35-43)49-21-10-12-24-57(49)73(58)48-19-8-3-9-20-48/h1-40H. The molecule has 0 aliphatic heterocycles. The Morgan fingerprint density at radius 1 is 0.289 bits per heavy atom. The molecule has 0 aliphatic rings. The summed E-state index contributed by atoms with van der Waals surface area (Å²) in [4.78, 5) is 15.8. The highest BCUT2D eigenvalue weighted by Crippen LogP contribution is 2.44. The van der Waals surface area contributed by atoms with Gasteiger partial charge in [-0.15, -0.1) is 11.3 Å². The van der Waals surface area contributed by atoms with E-state index in [1.54, 1.807) is 0 Å². The van der Waals surface area contributed by atoms with Crippen LogP contribution in [0.3, 0.4) is 0 Å². The van der Waals surface area contributed by atoms with Crippen LogP contribution in [-0.4, -0.2) is 19.5 Å². The van der Waals surface area contributed by atoms with E-state index in [-0.39, 0.29) is 0 Å². The van der Waals surface area contributed by atoms with E-state index in [2.05, 4.69) is 187 Å². The zero-order chi connectivity index (χ0) is 49.8. The van der Waals surface area contributed by atoms with Crippen LogP contribution >= 0.6 is 11.3 Å². The smallest absolute Gasteiger partial charge is 0.164 e. The maximum Gasteiger partial charge on any atom is 0.164 e. The highest BCUT2D eigenvalue weighted by atomic mass is 32.1. The lowest BCUT2D eigenvalue weighted by Crippen LogP contribution is -2.00. The first-order valence-corrected chi connectivity index (χ1v) is 26.3. The summed E-state index contributed by atoms with van der Waals surface area (Å²) in [7, 11) is 0. The third kappa shape index (κ3) is 6.76. The molecule has 76 heavy (non-hydrogen) atoms. The van der Waals surface area contributed by atoms with Crippen molar-refractivity contribution in [2.45, 2.75) is 0 Å². The molecule has 11 aromatic carbocycles. The fourth-order valence-electron chi connectivity index (χ4n) is 11.5. The summed E-state index contributed by atoms with van der Waals surface area (Å²) in [5, 5.41) is 9.03. The Kier molecular flexibility index (Phi) is 9.40. The van der Waals surface area contributed by atoms with Crippen molar-refractivity contribution < 1.29 is 8.83 Å². The first-order chi connectivity index (χ1) is 37.6. The molecule has 354 valence electrons. The van der Waals surface area contributed by atoms with Crippen LogP contribution in [0.15, 0.2) is 251 Å². The zero-order valence-corrected chi connectivity index (χ0v) is 41.4. The van der Waals surface area contributed by atoms with Crippen molar-refractivity contribution in [2.75, 3.05) is 0 Å². The zero-order valence-electron chi connectivity index (χ0n) is 40.6. The van der Waals surface area contributed by atoms with Crippen LogP contribution in [0.1, 0.15) is 0 Å². The third-order valence-corrected chi connectivity index (χ3v) is 16.2. The molecule has 0 saturated carbocycles. The summed E-state index contributed by atoms with van der Waals surface area (Å²) in [5.74, 6) is 1.67. The second kappa shape index (κ2) is 16.8. The average Bonchev–Trinajstić information content (AvgIpc) is 4.28. The van der Waals surface area contributed by atoms with Crippen LogP contribution in [0.25, 0.3) is 159 Å². The summed E-state index contributed by atoms with van der Waals surface area (Å²) in [6.45, 7) is 0. The Hall–Kier alpha value is -9.95. The molecule has 0 amide bonds. The van der Waals surface area contributed by atoms with E-state index in [1.807, 2.05) is 72.0 Å². The minimum absolute atomic E-state index is 0.546. The van der Waals surface area contributed by atoms with Gasteiger partial charge in [0.05, 0.1) is 11.0 Å². The van der Waals surface area contributed by atoms with Gasteiger partial charge in [0.1, 0.15) is 22.3 Å². The van der Waals surface area contributed by atoms with Crippen LogP contribution in [0, 0.1) is 0 Å². The Morgan fingerprint density at radius 2 is 0.816 bits per heavy atom. The fraction of sp³-hybridized carbons (Fsp3) is 0. The molecule has 0 fully saturated rings. The van der Waals surface area contributed by atoms with Crippen molar-refractivity contribution >= 4 is 97.2 Å². The maximum absolute atomic E-state index is 6.64. The minimum atomic E-state index is 0.546. The molecule has 6 nitrogen and oxygen atoms in total. The lowest BCUT2D eigenvalue weighted by molar-refractivity contribution is 0.668. The molecule has 5 heterocycles. The lowest BCUT2D eigenvalue weighted by Gasteiger charge is -2.11. The number of para-hydroxylation sites is 3. The van der Waals surface area contributed by atoms with Gasteiger partial charge in [0.15, 0.2) is 17.5 Å². The summed E-state index contributed by atoms with van der Waals surface area (Å²) in [6, 6.07) is 85.7. The second-order valence-corrected chi connectivity index (χ2v) is 20.6. The van der Waals surface area contributed by atoms with Crippen molar-refractivity contribution in [3.05, 3.63) is 243 Å². The minimum Gasteiger partial charge on any atom is -0.456 e. The highest BCUT2D eigenvalue weighted by molar-refractivity contribution is 7.25. The van der Waals surface area contributed by atoms with Gasteiger partial charge in [-0.3, -0.25) is 0 Å². The molecule has 0 spiro atoms. The van der Waals surface area contributed by atoms with Gasteiger partial charge in [-0.1, -0.05) is 152 Å². The van der Waals surface area contributed by atoms with E-state index in [4.69, 9.17) is 23.8 Å². The first kappa shape index (κ1) is 42.5. The average molecular weight is 989 g/mol. The summed E-state index contributed by atoms with van der Waals surface area (Å²) in [6.07, 6.45) is 0. The third-order valence-electron chi connectivity index (χ3n) is 15.0. The summed E-state index contributed by atoms with van der Waals surface area (Å²) >= 11 is 1.84. The number of nitrogens with zero attached hydrogens (tertiary/aromatic N) is 4. The molecule has 0 atom stereocenters. The quantitative estimate of drug-likeness (QED) is 0.159. The van der Waals surface area contributed by atoms with E-state index in [1.165, 1.54) is 53.1 Å². The Morgan fingerprint density at radius 3 is 1.57 bits per heavy atom. The predicted molar refractivity (Wildman–Crippen MR) is 314 cm³/mol. The molecule has 0 N–H and O–H groups in total. The van der Waals surface area contributed by atoms with Gasteiger partial charge in [-0.25, -0.2) is 15.0 Å². The van der Waals surface area contributed by atoms with E-state index >= 15 is 0 Å². The molecule has 0 aliphatic carbocycles. The summed E-state index contributed by atoms with van der Waals surface area (Å²) in [5.41, 5.74) is 16.0. The van der Waals surface area contributed by atoms with E-state index in [0.717, 1.165) is 88.5 Å². The molecule has 5 aromatic heterocycles. The van der Waals surface area contributed by atoms with Gasteiger partial charge in [0.2, 0.25) is 0 Å². The largest absolute Gasteiger partial charge is 0.456 e. The van der Waals surface area contributed by atoms with E-state index in [0.29, 0.717) is 17.5 Å². The number of hydrogen-bond donors (Lipinski definition) is 0. The number of fused-ring (bicyclic) bond motifs is 12. The van der Waals surface area contributed by atoms with Gasteiger partial charge in [0.25, 0.3) is 0 Å². The van der Waals surface area contributed by atoms with Crippen LogP contribution < -0.4 is 0 Å². The fourth-order valence-corrected chi connectivity index (χ4v) is 12.6. The first-order valence-electron chi connectivity index (χ1n) is 25.5. The molecule has 7 heteroatoms. The number of thiophene rings is 1. The molecular weight excluding hydrogens is 949 g/mol. The monoisotopic (exact) mass is 988 g/mol. The Balaban J connectivity index is 0.824. The summed E-state index contributed by atoms with van der Waals surface area (Å²) < 4.78 is 18.1. The Labute approximate surface area is 439 Å². The molecule has 0 unspecified atom stereocenters. The number of furan rings is 2. The number of benzene rings is 11. The number of hydrogen-bond acceptors (Lipinski definition) is 6. The van der Waals surface area contributed by atoms with Gasteiger partial charge in [-0.05, 0) is 124 Å².